The molecular formula is C18H15N3O6S. The first-order chi connectivity index (χ1) is 13.4. The highest BCUT2D eigenvalue weighted by atomic mass is 32.2. The van der Waals surface area contributed by atoms with Gasteiger partial charge in [0.15, 0.2) is 0 Å². The molecule has 0 saturated heterocycles. The summed E-state index contributed by atoms with van der Waals surface area (Å²) in [5, 5.41) is 28.4. The topological polar surface area (TPSA) is 132 Å². The summed E-state index contributed by atoms with van der Waals surface area (Å²) in [6, 6.07) is 7.87. The summed E-state index contributed by atoms with van der Waals surface area (Å²) in [7, 11) is 0. The van der Waals surface area contributed by atoms with Crippen LogP contribution in [0.5, 0.6) is 0 Å². The van der Waals surface area contributed by atoms with Crippen LogP contribution in [0.3, 0.4) is 0 Å². The highest BCUT2D eigenvalue weighted by Gasteiger charge is 2.19. The maximum atomic E-state index is 11.5. The van der Waals surface area contributed by atoms with Gasteiger partial charge in [0, 0.05) is 18.6 Å². The molecule has 0 radical (unpaired) electrons. The number of carboxylic acid groups (broad SMARTS) is 1. The third-order valence-electron chi connectivity index (χ3n) is 3.67. The van der Waals surface area contributed by atoms with Crippen LogP contribution in [0, 0.1) is 17.0 Å². The molecule has 2 heterocycles. The van der Waals surface area contributed by atoms with Crippen LogP contribution in [0.1, 0.15) is 24.1 Å². The van der Waals surface area contributed by atoms with Crippen molar-refractivity contribution < 1.29 is 23.7 Å². The Kier molecular flexibility index (Phi) is 5.59. The summed E-state index contributed by atoms with van der Waals surface area (Å²) in [5.74, 6) is -0.302. The van der Waals surface area contributed by atoms with Crippen molar-refractivity contribution >= 4 is 29.5 Å². The number of hydrogen-bond acceptors (Lipinski definition) is 8. The molecule has 0 atom stereocenters. The largest absolute Gasteiger partial charge is 0.477 e. The van der Waals surface area contributed by atoms with Gasteiger partial charge in [0.1, 0.15) is 16.4 Å². The second kappa shape index (κ2) is 8.09. The lowest BCUT2D eigenvalue weighted by molar-refractivity contribution is -0.384. The molecule has 10 heteroatoms. The minimum atomic E-state index is -1.19. The van der Waals surface area contributed by atoms with Gasteiger partial charge in [0.25, 0.3) is 10.9 Å². The normalized spacial score (nSPS) is 11.6. The average Bonchev–Trinajstić information content (AvgIpc) is 3.30. The van der Waals surface area contributed by atoms with Crippen LogP contribution in [-0.2, 0) is 11.2 Å². The van der Waals surface area contributed by atoms with Crippen molar-refractivity contribution in [3.8, 4) is 11.3 Å². The van der Waals surface area contributed by atoms with E-state index in [-0.39, 0.29) is 27.3 Å². The van der Waals surface area contributed by atoms with Gasteiger partial charge in [-0.25, -0.2) is 4.79 Å². The third kappa shape index (κ3) is 4.29. The minimum Gasteiger partial charge on any atom is -0.477 e. The zero-order chi connectivity index (χ0) is 20.3. The number of rotatable bonds is 7. The minimum absolute atomic E-state index is 0.0873. The van der Waals surface area contributed by atoms with Gasteiger partial charge in [0.2, 0.25) is 5.89 Å². The van der Waals surface area contributed by atoms with E-state index in [1.807, 2.05) is 6.92 Å². The Morgan fingerprint density at radius 1 is 1.29 bits per heavy atom. The molecule has 3 rings (SSSR count). The second-order valence-electron chi connectivity index (χ2n) is 5.71. The van der Waals surface area contributed by atoms with Crippen LogP contribution in [0.2, 0.25) is 0 Å². The summed E-state index contributed by atoms with van der Waals surface area (Å²) in [6.07, 6.45) is 1.84. The predicted octanol–water partition coefficient (Wildman–Crippen LogP) is 4.33. The van der Waals surface area contributed by atoms with Crippen molar-refractivity contribution in [3.05, 3.63) is 62.6 Å². The molecule has 0 aliphatic heterocycles. The third-order valence-corrected chi connectivity index (χ3v) is 4.53. The van der Waals surface area contributed by atoms with Crippen LogP contribution < -0.4 is 0 Å². The molecule has 0 spiro atoms. The molecule has 2 aromatic heterocycles. The molecule has 28 heavy (non-hydrogen) atoms. The fraction of sp³-hybridized carbons (Fsp3) is 0.167. The zero-order valence-corrected chi connectivity index (χ0v) is 15.7. The molecule has 9 nitrogen and oxygen atoms in total. The smallest absolute Gasteiger partial charge is 0.342 e. The standard InChI is InChI=1S/C18H15N3O6S/c1-3-16-19-20-18(27-16)28-15(17(22)23)9-11-5-7-14(26-11)12-6-4-10(2)8-13(12)21(24)25/h4-9H,3H2,1-2H3,(H,22,23)/b15-9+. The number of aryl methyl sites for hydroxylation is 2. The van der Waals surface area contributed by atoms with E-state index in [9.17, 15) is 20.0 Å². The van der Waals surface area contributed by atoms with Gasteiger partial charge in [0.05, 0.1) is 10.5 Å². The number of carbonyl (C=O) groups is 1. The van der Waals surface area contributed by atoms with E-state index in [1.165, 1.54) is 18.2 Å². The number of aliphatic carboxylic acids is 1. The van der Waals surface area contributed by atoms with Crippen molar-refractivity contribution in [2.24, 2.45) is 0 Å². The fourth-order valence-electron chi connectivity index (χ4n) is 2.36. The lowest BCUT2D eigenvalue weighted by Gasteiger charge is -2.01. The molecular weight excluding hydrogens is 386 g/mol. The fourth-order valence-corrected chi connectivity index (χ4v) is 3.03. The predicted molar refractivity (Wildman–Crippen MR) is 101 cm³/mol. The molecule has 1 N–H and O–H groups in total. The average molecular weight is 401 g/mol. The molecule has 3 aromatic rings. The number of aromatic nitrogens is 2. The zero-order valence-electron chi connectivity index (χ0n) is 14.9. The summed E-state index contributed by atoms with van der Waals surface area (Å²) >= 11 is 0.796. The first kappa shape index (κ1) is 19.4. The summed E-state index contributed by atoms with van der Waals surface area (Å²) in [4.78, 5) is 22.3. The summed E-state index contributed by atoms with van der Waals surface area (Å²) < 4.78 is 10.9. The van der Waals surface area contributed by atoms with Gasteiger partial charge in [-0.05, 0) is 42.4 Å². The van der Waals surface area contributed by atoms with Crippen LogP contribution in [0.25, 0.3) is 17.4 Å². The Morgan fingerprint density at radius 3 is 2.71 bits per heavy atom. The molecule has 0 aliphatic carbocycles. The number of thioether (sulfide) groups is 1. The Balaban J connectivity index is 1.91. The number of carboxylic acids is 1. The van der Waals surface area contributed by atoms with Gasteiger partial charge in [-0.2, -0.15) is 0 Å². The molecule has 1 aromatic carbocycles. The number of nitro benzene ring substituents is 1. The van der Waals surface area contributed by atoms with Crippen LogP contribution >= 0.6 is 11.8 Å². The van der Waals surface area contributed by atoms with E-state index in [1.54, 1.807) is 25.1 Å². The number of nitro groups is 1. The van der Waals surface area contributed by atoms with Crippen LogP contribution in [0.4, 0.5) is 5.69 Å². The van der Waals surface area contributed by atoms with Crippen molar-refractivity contribution in [2.75, 3.05) is 0 Å². The van der Waals surface area contributed by atoms with Crippen LogP contribution in [0.15, 0.2) is 49.3 Å². The summed E-state index contributed by atoms with van der Waals surface area (Å²) in [5.41, 5.74) is 0.970. The number of benzene rings is 1. The Hall–Kier alpha value is -3.40. The van der Waals surface area contributed by atoms with E-state index in [0.29, 0.717) is 17.9 Å². The van der Waals surface area contributed by atoms with E-state index >= 15 is 0 Å². The van der Waals surface area contributed by atoms with Gasteiger partial charge >= 0.3 is 5.97 Å². The van der Waals surface area contributed by atoms with Gasteiger partial charge in [-0.3, -0.25) is 10.1 Å². The van der Waals surface area contributed by atoms with Gasteiger partial charge in [-0.1, -0.05) is 13.0 Å². The number of nitrogens with zero attached hydrogens (tertiary/aromatic N) is 3. The molecule has 0 unspecified atom stereocenters. The monoisotopic (exact) mass is 401 g/mol. The molecule has 0 bridgehead atoms. The molecule has 0 fully saturated rings. The molecule has 0 aliphatic rings. The first-order valence-electron chi connectivity index (χ1n) is 8.18. The molecule has 0 saturated carbocycles. The highest BCUT2D eigenvalue weighted by Crippen LogP contribution is 2.33. The first-order valence-corrected chi connectivity index (χ1v) is 8.99. The van der Waals surface area contributed by atoms with Crippen molar-refractivity contribution in [1.29, 1.82) is 0 Å². The lowest BCUT2D eigenvalue weighted by atomic mass is 10.1. The van der Waals surface area contributed by atoms with Gasteiger partial charge < -0.3 is 13.9 Å². The maximum Gasteiger partial charge on any atom is 0.342 e. The number of hydrogen-bond donors (Lipinski definition) is 1. The van der Waals surface area contributed by atoms with Crippen molar-refractivity contribution in [3.63, 3.8) is 0 Å². The van der Waals surface area contributed by atoms with E-state index in [0.717, 1.165) is 17.3 Å². The number of furan rings is 1. The Bertz CT molecular complexity index is 1070. The Morgan fingerprint density at radius 2 is 2.07 bits per heavy atom. The Labute approximate surface area is 163 Å². The van der Waals surface area contributed by atoms with Gasteiger partial charge in [-0.15, -0.1) is 10.2 Å². The quantitative estimate of drug-likeness (QED) is 0.266. The summed E-state index contributed by atoms with van der Waals surface area (Å²) in [6.45, 7) is 3.59. The van der Waals surface area contributed by atoms with Crippen molar-refractivity contribution in [1.82, 2.24) is 10.2 Å². The van der Waals surface area contributed by atoms with E-state index in [4.69, 9.17) is 8.83 Å². The second-order valence-corrected chi connectivity index (χ2v) is 6.70. The SMILES string of the molecule is CCc1nnc(S/C(=C/c2ccc(-c3ccc(C)cc3[N+](=O)[O-])o2)C(=O)O)o1. The highest BCUT2D eigenvalue weighted by molar-refractivity contribution is 8.03. The van der Waals surface area contributed by atoms with E-state index < -0.39 is 10.9 Å². The lowest BCUT2D eigenvalue weighted by Crippen LogP contribution is -1.96. The molecule has 144 valence electrons. The van der Waals surface area contributed by atoms with E-state index in [2.05, 4.69) is 10.2 Å². The molecule has 0 amide bonds. The maximum absolute atomic E-state index is 11.5. The van der Waals surface area contributed by atoms with Crippen LogP contribution in [-0.4, -0.2) is 26.2 Å². The van der Waals surface area contributed by atoms with Crippen molar-refractivity contribution in [2.45, 2.75) is 25.5 Å².